The average molecular weight is 251 g/mol. The lowest BCUT2D eigenvalue weighted by molar-refractivity contribution is -0.129. The first kappa shape index (κ1) is 11.9. The third kappa shape index (κ3) is 2.10. The third-order valence-corrected chi connectivity index (χ3v) is 2.33. The Hall–Kier alpha value is -2.58. The molecule has 1 amide bonds. The van der Waals surface area contributed by atoms with Crippen LogP contribution in [0.5, 0.6) is 0 Å². The number of hydrazone groups is 1. The maximum absolute atomic E-state index is 11.6. The van der Waals surface area contributed by atoms with E-state index in [4.69, 9.17) is 5.11 Å². The van der Waals surface area contributed by atoms with E-state index < -0.39 is 17.4 Å². The maximum atomic E-state index is 11.6. The van der Waals surface area contributed by atoms with Crippen LogP contribution >= 0.6 is 0 Å². The number of nitrogens with one attached hydrogen (secondary N) is 1. The van der Waals surface area contributed by atoms with Crippen molar-refractivity contribution in [2.24, 2.45) is 5.10 Å². The van der Waals surface area contributed by atoms with Gasteiger partial charge < -0.3 is 5.11 Å². The van der Waals surface area contributed by atoms with Gasteiger partial charge in [0.25, 0.3) is 11.5 Å². The number of aromatic amines is 1. The van der Waals surface area contributed by atoms with Crippen molar-refractivity contribution in [2.75, 3.05) is 5.01 Å². The highest BCUT2D eigenvalue weighted by Gasteiger charge is 2.27. The number of hydrogen-bond donors (Lipinski definition) is 2. The Morgan fingerprint density at radius 2 is 2.06 bits per heavy atom. The Balaban J connectivity index is 2.44. The molecule has 0 aromatic carbocycles. The van der Waals surface area contributed by atoms with Gasteiger partial charge >= 0.3 is 5.97 Å². The van der Waals surface area contributed by atoms with Crippen LogP contribution in [0.3, 0.4) is 0 Å². The molecule has 9 nitrogen and oxygen atoms in total. The molecule has 0 aliphatic carbocycles. The van der Waals surface area contributed by atoms with Crippen LogP contribution in [0.2, 0.25) is 0 Å². The summed E-state index contributed by atoms with van der Waals surface area (Å²) in [5.41, 5.74) is -0.533. The van der Waals surface area contributed by atoms with E-state index in [-0.39, 0.29) is 30.2 Å². The highest BCUT2D eigenvalue weighted by molar-refractivity contribution is 6.37. The molecule has 0 fully saturated rings. The predicted molar refractivity (Wildman–Crippen MR) is 59.2 cm³/mol. The second-order valence-electron chi connectivity index (χ2n) is 3.62. The highest BCUT2D eigenvalue weighted by Crippen LogP contribution is 2.14. The molecule has 0 radical (unpaired) electrons. The number of amides is 1. The average Bonchev–Trinajstić information content (AvgIpc) is 2.33. The van der Waals surface area contributed by atoms with Crippen molar-refractivity contribution in [3.63, 3.8) is 0 Å². The number of aliphatic carboxylic acids is 1. The zero-order valence-electron chi connectivity index (χ0n) is 9.38. The molecule has 2 heterocycles. The van der Waals surface area contributed by atoms with Crippen molar-refractivity contribution in [1.29, 1.82) is 0 Å². The van der Waals surface area contributed by atoms with Crippen molar-refractivity contribution in [2.45, 2.75) is 19.8 Å². The third-order valence-electron chi connectivity index (χ3n) is 2.33. The number of carbonyl (C=O) groups is 2. The number of carboxylic acids is 1. The number of carbonyl (C=O) groups excluding carboxylic acids is 1. The Kier molecular flexibility index (Phi) is 2.88. The van der Waals surface area contributed by atoms with Gasteiger partial charge in [-0.1, -0.05) is 0 Å². The molecule has 1 aromatic heterocycles. The van der Waals surface area contributed by atoms with Crippen LogP contribution in [0.4, 0.5) is 5.95 Å². The minimum absolute atomic E-state index is 0.0112. The number of aryl methyl sites for hydroxylation is 1. The highest BCUT2D eigenvalue weighted by atomic mass is 16.4. The maximum Gasteiger partial charge on any atom is 0.352 e. The zero-order valence-corrected chi connectivity index (χ0v) is 9.38. The summed E-state index contributed by atoms with van der Waals surface area (Å²) in [6.07, 6.45) is 0.0386. The van der Waals surface area contributed by atoms with Crippen LogP contribution in [0.15, 0.2) is 9.90 Å². The van der Waals surface area contributed by atoms with Gasteiger partial charge in [-0.05, 0) is 6.92 Å². The van der Waals surface area contributed by atoms with Gasteiger partial charge in [0, 0.05) is 12.8 Å². The standard InChI is InChI=1S/C9H9N5O4/c1-4-7(16)10-9(12-11-4)14-6(15)3-2-5(13-14)8(17)18/h2-3H2,1H3,(H,17,18)(H,10,12,16). The van der Waals surface area contributed by atoms with E-state index in [1.807, 2.05) is 0 Å². The minimum Gasteiger partial charge on any atom is -0.477 e. The fourth-order valence-corrected chi connectivity index (χ4v) is 1.35. The molecule has 0 saturated heterocycles. The fraction of sp³-hybridized carbons (Fsp3) is 0.333. The van der Waals surface area contributed by atoms with Crippen molar-refractivity contribution in [1.82, 2.24) is 15.2 Å². The minimum atomic E-state index is -1.21. The largest absolute Gasteiger partial charge is 0.477 e. The first-order valence-electron chi connectivity index (χ1n) is 5.06. The van der Waals surface area contributed by atoms with E-state index in [0.29, 0.717) is 0 Å². The van der Waals surface area contributed by atoms with E-state index in [0.717, 1.165) is 5.01 Å². The lowest BCUT2D eigenvalue weighted by atomic mass is 10.2. The van der Waals surface area contributed by atoms with E-state index in [9.17, 15) is 14.4 Å². The first-order chi connectivity index (χ1) is 8.49. The SMILES string of the molecule is Cc1nnc(N2N=C(C(=O)O)CCC2=O)[nH]c1=O. The Bertz CT molecular complexity index is 605. The lowest BCUT2D eigenvalue weighted by Crippen LogP contribution is -2.36. The summed E-state index contributed by atoms with van der Waals surface area (Å²) in [6.45, 7) is 1.46. The number of rotatable bonds is 2. The van der Waals surface area contributed by atoms with Crippen LogP contribution in [-0.2, 0) is 9.59 Å². The number of hydrogen-bond acceptors (Lipinski definition) is 6. The van der Waals surface area contributed by atoms with E-state index in [1.165, 1.54) is 6.92 Å². The molecule has 0 atom stereocenters. The Labute approximate surface area is 100 Å². The normalized spacial score (nSPS) is 15.5. The molecule has 0 bridgehead atoms. The van der Waals surface area contributed by atoms with Crippen LogP contribution in [0, 0.1) is 6.92 Å². The van der Waals surface area contributed by atoms with Gasteiger partial charge in [0.2, 0.25) is 5.91 Å². The molecule has 0 saturated carbocycles. The van der Waals surface area contributed by atoms with Crippen LogP contribution < -0.4 is 10.6 Å². The van der Waals surface area contributed by atoms with Gasteiger partial charge in [0.05, 0.1) is 0 Å². The molecule has 1 aliphatic rings. The molecule has 18 heavy (non-hydrogen) atoms. The second-order valence-corrected chi connectivity index (χ2v) is 3.62. The Morgan fingerprint density at radius 3 is 2.67 bits per heavy atom. The second kappa shape index (κ2) is 4.35. The van der Waals surface area contributed by atoms with Gasteiger partial charge in [0.1, 0.15) is 11.4 Å². The fourth-order valence-electron chi connectivity index (χ4n) is 1.35. The lowest BCUT2D eigenvalue weighted by Gasteiger charge is -2.19. The molecule has 9 heteroatoms. The molecule has 0 unspecified atom stereocenters. The summed E-state index contributed by atoms with van der Waals surface area (Å²) in [4.78, 5) is 36.0. The summed E-state index contributed by atoms with van der Waals surface area (Å²) in [6, 6.07) is 0. The van der Waals surface area contributed by atoms with E-state index >= 15 is 0 Å². The summed E-state index contributed by atoms with van der Waals surface area (Å²) in [7, 11) is 0. The van der Waals surface area contributed by atoms with Crippen LogP contribution in [0.25, 0.3) is 0 Å². The number of anilines is 1. The van der Waals surface area contributed by atoms with Crippen molar-refractivity contribution in [3.05, 3.63) is 16.0 Å². The molecule has 2 rings (SSSR count). The molecule has 2 N–H and O–H groups in total. The number of H-pyrrole nitrogens is 1. The topological polar surface area (TPSA) is 129 Å². The monoisotopic (exact) mass is 251 g/mol. The van der Waals surface area contributed by atoms with Gasteiger partial charge in [-0.3, -0.25) is 14.6 Å². The zero-order chi connectivity index (χ0) is 13.3. The summed E-state index contributed by atoms with van der Waals surface area (Å²) in [5.74, 6) is -1.85. The summed E-state index contributed by atoms with van der Waals surface area (Å²) in [5, 5.41) is 20.4. The van der Waals surface area contributed by atoms with Crippen LogP contribution in [-0.4, -0.2) is 37.9 Å². The van der Waals surface area contributed by atoms with Gasteiger partial charge in [-0.2, -0.15) is 10.1 Å². The molecular weight excluding hydrogens is 242 g/mol. The molecular formula is C9H9N5O4. The summed E-state index contributed by atoms with van der Waals surface area (Å²) >= 11 is 0. The number of carboxylic acid groups (broad SMARTS) is 1. The van der Waals surface area contributed by atoms with Gasteiger partial charge in [-0.15, -0.1) is 10.2 Å². The Morgan fingerprint density at radius 1 is 1.33 bits per heavy atom. The summed E-state index contributed by atoms with van der Waals surface area (Å²) < 4.78 is 0. The quantitative estimate of drug-likeness (QED) is 0.696. The number of nitrogens with zero attached hydrogens (tertiary/aromatic N) is 4. The van der Waals surface area contributed by atoms with Gasteiger partial charge in [-0.25, -0.2) is 4.79 Å². The van der Waals surface area contributed by atoms with Crippen molar-refractivity contribution < 1.29 is 14.7 Å². The van der Waals surface area contributed by atoms with Crippen molar-refractivity contribution >= 4 is 23.5 Å². The van der Waals surface area contributed by atoms with Gasteiger partial charge in [0.15, 0.2) is 0 Å². The molecule has 94 valence electrons. The van der Waals surface area contributed by atoms with Crippen LogP contribution in [0.1, 0.15) is 18.5 Å². The van der Waals surface area contributed by atoms with E-state index in [2.05, 4.69) is 20.3 Å². The molecule has 1 aromatic rings. The first-order valence-corrected chi connectivity index (χ1v) is 5.06. The van der Waals surface area contributed by atoms with Crippen molar-refractivity contribution in [3.8, 4) is 0 Å². The predicted octanol–water partition coefficient (Wildman–Crippen LogP) is -0.959. The molecule has 1 aliphatic heterocycles. The smallest absolute Gasteiger partial charge is 0.352 e. The number of aromatic nitrogens is 3. The molecule has 0 spiro atoms. The van der Waals surface area contributed by atoms with E-state index in [1.54, 1.807) is 0 Å².